The van der Waals surface area contributed by atoms with E-state index in [2.05, 4.69) is 30.4 Å². The Morgan fingerprint density at radius 2 is 1.78 bits per heavy atom. The van der Waals surface area contributed by atoms with Crippen LogP contribution in [0.2, 0.25) is 0 Å². The maximum atomic E-state index is 12.2. The number of carboxylic acid groups (broad SMARTS) is 1. The third kappa shape index (κ3) is 4.54. The predicted octanol–water partition coefficient (Wildman–Crippen LogP) is 5.48. The van der Waals surface area contributed by atoms with Crippen LogP contribution >= 0.6 is 0 Å². The Bertz CT molecular complexity index is 1160. The number of carboxylic acids is 1. The van der Waals surface area contributed by atoms with Crippen molar-refractivity contribution in [3.05, 3.63) is 113 Å². The van der Waals surface area contributed by atoms with E-state index in [-0.39, 0.29) is 17.7 Å². The smallest absolute Gasteiger partial charge is 0.328 e. The van der Waals surface area contributed by atoms with Crippen LogP contribution in [0.3, 0.4) is 0 Å². The van der Waals surface area contributed by atoms with Crippen LogP contribution in [0, 0.1) is 11.8 Å². The first-order chi connectivity index (χ1) is 15.6. The molecule has 32 heavy (non-hydrogen) atoms. The number of hydrogen-bond acceptors (Lipinski definition) is 2. The van der Waals surface area contributed by atoms with Gasteiger partial charge in [-0.1, -0.05) is 85.8 Å². The highest BCUT2D eigenvalue weighted by atomic mass is 16.4. The van der Waals surface area contributed by atoms with Crippen molar-refractivity contribution in [2.75, 3.05) is 0 Å². The molecule has 1 amide bonds. The average Bonchev–Trinajstić information content (AvgIpc) is 2.82. The van der Waals surface area contributed by atoms with E-state index in [0.29, 0.717) is 0 Å². The maximum absolute atomic E-state index is 12.2. The molecule has 1 aliphatic heterocycles. The zero-order valence-corrected chi connectivity index (χ0v) is 17.9. The molecule has 2 aromatic carbocycles. The van der Waals surface area contributed by atoms with Gasteiger partial charge in [0.25, 0.3) is 0 Å². The lowest BCUT2D eigenvalue weighted by Gasteiger charge is -2.27. The molecular formula is C28H25NO3. The minimum atomic E-state index is -0.969. The molecule has 0 saturated carbocycles. The van der Waals surface area contributed by atoms with Gasteiger partial charge in [0.05, 0.1) is 5.92 Å². The summed E-state index contributed by atoms with van der Waals surface area (Å²) in [5.74, 6) is -1.12. The van der Waals surface area contributed by atoms with E-state index in [4.69, 9.17) is 5.11 Å². The van der Waals surface area contributed by atoms with Gasteiger partial charge in [-0.15, -0.1) is 0 Å². The predicted molar refractivity (Wildman–Crippen MR) is 128 cm³/mol. The van der Waals surface area contributed by atoms with Crippen molar-refractivity contribution in [1.82, 2.24) is 5.32 Å². The lowest BCUT2D eigenvalue weighted by molar-refractivity contribution is -0.131. The molecule has 2 aliphatic rings. The SMILES string of the molecule is CC/C(=C(\C1=CC2C=CNC(=O)C2C=C1)c1ccc(/C=C/C(=O)O)cc1)c1ccccc1. The first kappa shape index (κ1) is 21.3. The highest BCUT2D eigenvalue weighted by Crippen LogP contribution is 2.39. The van der Waals surface area contributed by atoms with Crippen molar-refractivity contribution < 1.29 is 14.7 Å². The van der Waals surface area contributed by atoms with Gasteiger partial charge in [-0.3, -0.25) is 4.79 Å². The summed E-state index contributed by atoms with van der Waals surface area (Å²) >= 11 is 0. The summed E-state index contributed by atoms with van der Waals surface area (Å²) in [4.78, 5) is 23.1. The van der Waals surface area contributed by atoms with E-state index in [1.807, 2.05) is 60.7 Å². The van der Waals surface area contributed by atoms with Crippen molar-refractivity contribution >= 4 is 29.1 Å². The highest BCUT2D eigenvalue weighted by molar-refractivity contribution is 6.00. The zero-order valence-electron chi connectivity index (χ0n) is 17.9. The lowest BCUT2D eigenvalue weighted by atomic mass is 9.79. The molecule has 0 aromatic heterocycles. The van der Waals surface area contributed by atoms with E-state index in [1.165, 1.54) is 5.57 Å². The van der Waals surface area contributed by atoms with Gasteiger partial charge >= 0.3 is 5.97 Å². The molecule has 4 rings (SSSR count). The van der Waals surface area contributed by atoms with E-state index in [9.17, 15) is 9.59 Å². The van der Waals surface area contributed by atoms with Crippen LogP contribution in [0.15, 0.2) is 96.8 Å². The number of fused-ring (bicyclic) bond motifs is 1. The number of benzene rings is 2. The molecule has 0 saturated heterocycles. The Morgan fingerprint density at radius 3 is 2.47 bits per heavy atom. The second kappa shape index (κ2) is 9.48. The van der Waals surface area contributed by atoms with E-state index < -0.39 is 5.97 Å². The minimum Gasteiger partial charge on any atom is -0.478 e. The van der Waals surface area contributed by atoms with Crippen molar-refractivity contribution in [2.45, 2.75) is 13.3 Å². The summed E-state index contributed by atoms with van der Waals surface area (Å²) in [7, 11) is 0. The van der Waals surface area contributed by atoms with Gasteiger partial charge in [-0.25, -0.2) is 4.79 Å². The number of carbonyl (C=O) groups is 2. The van der Waals surface area contributed by atoms with Crippen LogP contribution < -0.4 is 5.32 Å². The molecule has 1 aliphatic carbocycles. The Balaban J connectivity index is 1.83. The van der Waals surface area contributed by atoms with Crippen LogP contribution in [0.4, 0.5) is 0 Å². The third-order valence-corrected chi connectivity index (χ3v) is 5.80. The summed E-state index contributed by atoms with van der Waals surface area (Å²) in [6, 6.07) is 18.2. The molecule has 0 radical (unpaired) electrons. The molecule has 4 heteroatoms. The standard InChI is InChI=1S/C28H25NO3/c1-2-24(20-6-4-3-5-7-20)27(21-11-8-19(9-12-21)10-15-26(30)31)23-13-14-25-22(18-23)16-17-29-28(25)32/h3-18,22,25H,2H2,1H3,(H,29,32)(H,30,31)/b15-10+,27-24+. The number of hydrogen-bond donors (Lipinski definition) is 2. The normalized spacial score (nSPS) is 20.4. The van der Waals surface area contributed by atoms with Gasteiger partial charge in [-0.2, -0.15) is 0 Å². The molecule has 0 spiro atoms. The first-order valence-corrected chi connectivity index (χ1v) is 10.7. The number of carbonyl (C=O) groups excluding carboxylic acids is 1. The van der Waals surface area contributed by atoms with Crippen molar-refractivity contribution in [3.8, 4) is 0 Å². The van der Waals surface area contributed by atoms with Crippen LogP contribution in [0.25, 0.3) is 17.2 Å². The van der Waals surface area contributed by atoms with Crippen LogP contribution in [0.1, 0.15) is 30.0 Å². The monoisotopic (exact) mass is 423 g/mol. The molecule has 4 nitrogen and oxygen atoms in total. The summed E-state index contributed by atoms with van der Waals surface area (Å²) in [6.07, 6.45) is 13.5. The summed E-state index contributed by atoms with van der Waals surface area (Å²) in [5, 5.41) is 11.7. The molecule has 2 N–H and O–H groups in total. The topological polar surface area (TPSA) is 66.4 Å². The van der Waals surface area contributed by atoms with Crippen molar-refractivity contribution in [2.24, 2.45) is 11.8 Å². The fourth-order valence-electron chi connectivity index (χ4n) is 4.25. The number of allylic oxidation sites excluding steroid dienone is 6. The second-order valence-electron chi connectivity index (χ2n) is 7.82. The van der Waals surface area contributed by atoms with E-state index >= 15 is 0 Å². The molecule has 2 unspecified atom stereocenters. The third-order valence-electron chi connectivity index (χ3n) is 5.80. The maximum Gasteiger partial charge on any atom is 0.328 e. The molecule has 160 valence electrons. The molecular weight excluding hydrogens is 398 g/mol. The Kier molecular flexibility index (Phi) is 6.31. The van der Waals surface area contributed by atoms with E-state index in [1.54, 1.807) is 12.3 Å². The quantitative estimate of drug-likeness (QED) is 0.478. The van der Waals surface area contributed by atoms with Gasteiger partial charge in [-0.05, 0) is 45.9 Å². The number of amides is 1. The van der Waals surface area contributed by atoms with Gasteiger partial charge in [0.2, 0.25) is 5.91 Å². The van der Waals surface area contributed by atoms with E-state index in [0.717, 1.165) is 40.3 Å². The number of nitrogens with one attached hydrogen (secondary N) is 1. The van der Waals surface area contributed by atoms with Gasteiger partial charge in [0, 0.05) is 18.2 Å². The molecule has 1 heterocycles. The molecule has 2 atom stereocenters. The summed E-state index contributed by atoms with van der Waals surface area (Å²) in [6.45, 7) is 2.15. The fourth-order valence-corrected chi connectivity index (χ4v) is 4.25. The first-order valence-electron chi connectivity index (χ1n) is 10.7. The Hall–Kier alpha value is -3.92. The van der Waals surface area contributed by atoms with Gasteiger partial charge in [0.1, 0.15) is 0 Å². The van der Waals surface area contributed by atoms with Crippen LogP contribution in [0.5, 0.6) is 0 Å². The Morgan fingerprint density at radius 1 is 1.03 bits per heavy atom. The summed E-state index contributed by atoms with van der Waals surface area (Å²) in [5.41, 5.74) is 6.47. The summed E-state index contributed by atoms with van der Waals surface area (Å²) < 4.78 is 0. The van der Waals surface area contributed by atoms with Crippen molar-refractivity contribution in [1.29, 1.82) is 0 Å². The van der Waals surface area contributed by atoms with Crippen molar-refractivity contribution in [3.63, 3.8) is 0 Å². The molecule has 2 aromatic rings. The molecule has 0 bridgehead atoms. The van der Waals surface area contributed by atoms with Crippen LogP contribution in [-0.4, -0.2) is 17.0 Å². The largest absolute Gasteiger partial charge is 0.478 e. The number of rotatable bonds is 6. The Labute approximate surface area is 188 Å². The lowest BCUT2D eigenvalue weighted by Crippen LogP contribution is -2.34. The minimum absolute atomic E-state index is 0.0166. The van der Waals surface area contributed by atoms with Crippen LogP contribution in [-0.2, 0) is 9.59 Å². The number of aliphatic carboxylic acids is 1. The van der Waals surface area contributed by atoms with Gasteiger partial charge < -0.3 is 10.4 Å². The van der Waals surface area contributed by atoms with Gasteiger partial charge in [0.15, 0.2) is 0 Å². The highest BCUT2D eigenvalue weighted by Gasteiger charge is 2.29. The fraction of sp³-hybridized carbons (Fsp3) is 0.143. The zero-order chi connectivity index (χ0) is 22.5. The second-order valence-corrected chi connectivity index (χ2v) is 7.82. The molecule has 0 fully saturated rings. The average molecular weight is 424 g/mol.